The van der Waals surface area contributed by atoms with Crippen LogP contribution >= 0.6 is 11.6 Å². The van der Waals surface area contributed by atoms with Crippen molar-refractivity contribution in [3.8, 4) is 22.5 Å². The van der Waals surface area contributed by atoms with Crippen molar-refractivity contribution < 1.29 is 9.18 Å². The fraction of sp³-hybridized carbons (Fsp3) is 0. The topological polar surface area (TPSA) is 58.6 Å². The van der Waals surface area contributed by atoms with E-state index in [0.717, 1.165) is 16.6 Å². The van der Waals surface area contributed by atoms with E-state index in [4.69, 9.17) is 11.6 Å². The highest BCUT2D eigenvalue weighted by Gasteiger charge is 2.13. The summed E-state index contributed by atoms with van der Waals surface area (Å²) < 4.78 is 13.8. The van der Waals surface area contributed by atoms with Crippen molar-refractivity contribution >= 4 is 28.4 Å². The molecule has 0 aliphatic carbocycles. The number of H-pyrrole nitrogens is 1. The Morgan fingerprint density at radius 3 is 2.29 bits per heavy atom. The molecule has 5 rings (SSSR count). The van der Waals surface area contributed by atoms with Crippen LogP contribution in [0.5, 0.6) is 0 Å². The minimum Gasteiger partial charge on any atom is -0.289 e. The van der Waals surface area contributed by atoms with E-state index >= 15 is 0 Å². The van der Waals surface area contributed by atoms with Gasteiger partial charge in [0.1, 0.15) is 11.5 Å². The summed E-state index contributed by atoms with van der Waals surface area (Å²) in [4.78, 5) is 17.2. The lowest BCUT2D eigenvalue weighted by Crippen LogP contribution is -2.00. The van der Waals surface area contributed by atoms with E-state index in [9.17, 15) is 9.18 Å². The minimum atomic E-state index is -0.495. The van der Waals surface area contributed by atoms with Crippen LogP contribution in [-0.4, -0.2) is 21.0 Å². The molecule has 31 heavy (non-hydrogen) atoms. The summed E-state index contributed by atoms with van der Waals surface area (Å²) in [5.74, 6) is -0.519. The number of carbonyl (C=O) groups excluding carboxylic acids is 1. The van der Waals surface area contributed by atoms with Gasteiger partial charge in [-0.1, -0.05) is 72.3 Å². The van der Waals surface area contributed by atoms with Gasteiger partial charge in [0.05, 0.1) is 10.7 Å². The highest BCUT2D eigenvalue weighted by Crippen LogP contribution is 2.30. The number of nitrogens with one attached hydrogen (secondary N) is 1. The van der Waals surface area contributed by atoms with Gasteiger partial charge in [-0.3, -0.25) is 9.89 Å². The third-order valence-electron chi connectivity index (χ3n) is 5.10. The quantitative estimate of drug-likeness (QED) is 0.341. The second-order valence-electron chi connectivity index (χ2n) is 7.07. The van der Waals surface area contributed by atoms with E-state index in [1.165, 1.54) is 12.1 Å². The first-order valence-electron chi connectivity index (χ1n) is 9.61. The number of aromatic amines is 1. The second kappa shape index (κ2) is 7.78. The number of nitrogens with zero attached hydrogens (tertiary/aromatic N) is 2. The zero-order valence-corrected chi connectivity index (χ0v) is 16.9. The van der Waals surface area contributed by atoms with Crippen LogP contribution in [0.1, 0.15) is 15.9 Å². The Hall–Kier alpha value is -3.83. The van der Waals surface area contributed by atoms with Gasteiger partial charge in [0.2, 0.25) is 0 Å². The molecule has 1 N–H and O–H groups in total. The number of benzene rings is 3. The summed E-state index contributed by atoms with van der Waals surface area (Å²) in [7, 11) is 0. The van der Waals surface area contributed by atoms with Gasteiger partial charge < -0.3 is 0 Å². The van der Waals surface area contributed by atoms with Crippen molar-refractivity contribution in [1.29, 1.82) is 0 Å². The standard InChI is InChI=1S/C25H15ClFN3O/c26-20-12-10-18(14-21(20)27)23-19-11-13-22(28-25(19)30-29-23)15-6-8-17(9-7-15)24(31)16-4-2-1-3-5-16/h1-14H,(H,28,29,30). The first kappa shape index (κ1) is 19.2. The highest BCUT2D eigenvalue weighted by molar-refractivity contribution is 6.30. The largest absolute Gasteiger partial charge is 0.289 e. The van der Waals surface area contributed by atoms with Gasteiger partial charge >= 0.3 is 0 Å². The average molecular weight is 428 g/mol. The molecule has 0 atom stereocenters. The molecule has 0 aliphatic rings. The first-order valence-corrected chi connectivity index (χ1v) is 9.99. The number of rotatable bonds is 4. The van der Waals surface area contributed by atoms with E-state index in [1.807, 2.05) is 42.5 Å². The third-order valence-corrected chi connectivity index (χ3v) is 5.40. The molecule has 0 spiro atoms. The summed E-state index contributed by atoms with van der Waals surface area (Å²) in [6.07, 6.45) is 0. The molecule has 0 saturated carbocycles. The van der Waals surface area contributed by atoms with E-state index in [-0.39, 0.29) is 10.8 Å². The van der Waals surface area contributed by atoms with Crippen LogP contribution in [0.3, 0.4) is 0 Å². The number of aromatic nitrogens is 3. The van der Waals surface area contributed by atoms with Crippen LogP contribution in [-0.2, 0) is 0 Å². The molecular weight excluding hydrogens is 413 g/mol. The van der Waals surface area contributed by atoms with Crippen LogP contribution in [0.4, 0.5) is 4.39 Å². The number of ketones is 1. The smallest absolute Gasteiger partial charge is 0.193 e. The molecule has 6 heteroatoms. The molecule has 0 unspecified atom stereocenters. The number of hydrogen-bond acceptors (Lipinski definition) is 3. The van der Waals surface area contributed by atoms with E-state index in [0.29, 0.717) is 28.0 Å². The van der Waals surface area contributed by atoms with Crippen molar-refractivity contribution in [2.45, 2.75) is 0 Å². The molecule has 150 valence electrons. The molecule has 0 saturated heterocycles. The predicted molar refractivity (Wildman–Crippen MR) is 120 cm³/mol. The zero-order chi connectivity index (χ0) is 21.4. The zero-order valence-electron chi connectivity index (χ0n) is 16.1. The molecule has 3 aromatic carbocycles. The lowest BCUT2D eigenvalue weighted by atomic mass is 10.0. The number of carbonyl (C=O) groups is 1. The third kappa shape index (κ3) is 3.60. The monoisotopic (exact) mass is 427 g/mol. The van der Waals surface area contributed by atoms with Gasteiger partial charge in [-0.15, -0.1) is 0 Å². The van der Waals surface area contributed by atoms with Crippen molar-refractivity contribution in [1.82, 2.24) is 15.2 Å². The van der Waals surface area contributed by atoms with E-state index in [1.54, 1.807) is 30.3 Å². The maximum Gasteiger partial charge on any atom is 0.193 e. The highest BCUT2D eigenvalue weighted by atomic mass is 35.5. The molecule has 4 nitrogen and oxygen atoms in total. The molecule has 0 bridgehead atoms. The second-order valence-corrected chi connectivity index (χ2v) is 7.47. The Morgan fingerprint density at radius 1 is 0.839 bits per heavy atom. The van der Waals surface area contributed by atoms with Crippen LogP contribution in [0.2, 0.25) is 5.02 Å². The summed E-state index contributed by atoms with van der Waals surface area (Å²) in [5.41, 5.74) is 4.69. The number of fused-ring (bicyclic) bond motifs is 1. The summed E-state index contributed by atoms with van der Waals surface area (Å²) in [5, 5.41) is 8.06. The van der Waals surface area contributed by atoms with Gasteiger partial charge in [0.25, 0.3) is 0 Å². The van der Waals surface area contributed by atoms with E-state index < -0.39 is 5.82 Å². The fourth-order valence-corrected chi connectivity index (χ4v) is 3.59. The minimum absolute atomic E-state index is 0.0241. The predicted octanol–water partition coefficient (Wildman–Crippen LogP) is 6.32. The molecule has 0 fully saturated rings. The number of hydrogen-bond donors (Lipinski definition) is 1. The van der Waals surface area contributed by atoms with Crippen LogP contribution in [0.25, 0.3) is 33.5 Å². The van der Waals surface area contributed by atoms with Crippen molar-refractivity contribution in [2.75, 3.05) is 0 Å². The number of pyridine rings is 1. The van der Waals surface area contributed by atoms with Gasteiger partial charge in [-0.05, 0) is 24.3 Å². The van der Waals surface area contributed by atoms with Crippen molar-refractivity contribution in [2.24, 2.45) is 0 Å². The average Bonchev–Trinajstić information content (AvgIpc) is 3.24. The van der Waals surface area contributed by atoms with Crippen LogP contribution in [0.15, 0.2) is 84.9 Å². The SMILES string of the molecule is O=C(c1ccccc1)c1ccc(-c2ccc3c(-c4ccc(Cl)c(F)c4)n[nH]c3n2)cc1. The summed E-state index contributed by atoms with van der Waals surface area (Å²) >= 11 is 5.78. The summed E-state index contributed by atoms with van der Waals surface area (Å²) in [6.45, 7) is 0. The fourth-order valence-electron chi connectivity index (χ4n) is 3.48. The lowest BCUT2D eigenvalue weighted by Gasteiger charge is -2.05. The maximum atomic E-state index is 13.8. The maximum absolute atomic E-state index is 13.8. The Morgan fingerprint density at radius 2 is 1.55 bits per heavy atom. The summed E-state index contributed by atoms with van der Waals surface area (Å²) in [6, 6.07) is 24.9. The molecular formula is C25H15ClFN3O. The van der Waals surface area contributed by atoms with Gasteiger partial charge in [0.15, 0.2) is 11.4 Å². The Labute approximate surface area is 182 Å². The molecule has 2 aromatic heterocycles. The number of halogens is 2. The van der Waals surface area contributed by atoms with Crippen molar-refractivity contribution in [3.05, 3.63) is 107 Å². The molecule has 0 radical (unpaired) electrons. The first-order chi connectivity index (χ1) is 15.1. The molecule has 5 aromatic rings. The van der Waals surface area contributed by atoms with Crippen LogP contribution in [0, 0.1) is 5.82 Å². The van der Waals surface area contributed by atoms with Gasteiger partial charge in [0, 0.05) is 27.6 Å². The molecule has 0 amide bonds. The molecule has 0 aliphatic heterocycles. The normalized spacial score (nSPS) is 11.0. The van der Waals surface area contributed by atoms with Gasteiger partial charge in [-0.25, -0.2) is 9.37 Å². The Kier molecular flexibility index (Phi) is 4.81. The molecule has 2 heterocycles. The van der Waals surface area contributed by atoms with Gasteiger partial charge in [-0.2, -0.15) is 5.10 Å². The van der Waals surface area contributed by atoms with Crippen molar-refractivity contribution in [3.63, 3.8) is 0 Å². The lowest BCUT2D eigenvalue weighted by molar-refractivity contribution is 0.103. The van der Waals surface area contributed by atoms with E-state index in [2.05, 4.69) is 15.2 Å². The Balaban J connectivity index is 1.46. The Bertz CT molecular complexity index is 1410. The van der Waals surface area contributed by atoms with Crippen LogP contribution < -0.4 is 0 Å².